The molecule has 0 radical (unpaired) electrons. The van der Waals surface area contributed by atoms with Crippen molar-refractivity contribution in [2.45, 2.75) is 26.8 Å². The van der Waals surface area contributed by atoms with Gasteiger partial charge in [-0.15, -0.1) is 0 Å². The molecule has 1 unspecified atom stereocenters. The van der Waals surface area contributed by atoms with Gasteiger partial charge < -0.3 is 16.0 Å². The number of benzene rings is 1. The summed E-state index contributed by atoms with van der Waals surface area (Å²) in [5, 5.41) is 4.63. The molecule has 1 atom stereocenters. The average molecular weight is 272 g/mol. The van der Waals surface area contributed by atoms with Crippen molar-refractivity contribution in [2.75, 3.05) is 30.7 Å². The molecule has 0 aliphatic carbocycles. The van der Waals surface area contributed by atoms with Crippen LogP contribution in [-0.4, -0.2) is 35.6 Å². The molecule has 3 N–H and O–H groups in total. The number of nitrogens with two attached hydrogens (primary N) is 1. The second kappa shape index (κ2) is 6.57. The van der Waals surface area contributed by atoms with E-state index in [9.17, 15) is 0 Å². The van der Waals surface area contributed by atoms with Gasteiger partial charge in [-0.2, -0.15) is 0 Å². The lowest BCUT2D eigenvalue weighted by Crippen LogP contribution is -2.34. The van der Waals surface area contributed by atoms with Crippen LogP contribution in [0.15, 0.2) is 30.5 Å². The fraction of sp³-hybridized carbons (Fsp3) is 0.438. The number of nitrogens with one attached hydrogen (secondary N) is 1. The molecule has 0 amide bonds. The number of para-hydroxylation sites is 1. The maximum atomic E-state index is 6.09. The zero-order valence-electron chi connectivity index (χ0n) is 12.6. The highest BCUT2D eigenvalue weighted by Gasteiger charge is 2.11. The molecule has 0 bridgehead atoms. The molecule has 1 aromatic carbocycles. The first kappa shape index (κ1) is 14.6. The van der Waals surface area contributed by atoms with Crippen molar-refractivity contribution in [1.82, 2.24) is 9.88 Å². The monoisotopic (exact) mass is 272 g/mol. The van der Waals surface area contributed by atoms with Gasteiger partial charge in [0, 0.05) is 18.0 Å². The molecule has 0 saturated heterocycles. The number of aromatic nitrogens is 1. The highest BCUT2D eigenvalue weighted by atomic mass is 15.1. The van der Waals surface area contributed by atoms with Crippen LogP contribution in [-0.2, 0) is 0 Å². The Labute approximate surface area is 121 Å². The van der Waals surface area contributed by atoms with Gasteiger partial charge in [-0.1, -0.05) is 32.0 Å². The van der Waals surface area contributed by atoms with E-state index in [2.05, 4.69) is 42.0 Å². The van der Waals surface area contributed by atoms with E-state index >= 15 is 0 Å². The van der Waals surface area contributed by atoms with Crippen molar-refractivity contribution < 1.29 is 0 Å². The molecule has 1 aromatic heterocycles. The number of hydrogen-bond acceptors (Lipinski definition) is 4. The molecule has 0 spiro atoms. The number of hydrogen-bond donors (Lipinski definition) is 2. The largest absolute Gasteiger partial charge is 0.396 e. The van der Waals surface area contributed by atoms with E-state index in [-0.39, 0.29) is 0 Å². The Morgan fingerprint density at radius 2 is 1.95 bits per heavy atom. The Morgan fingerprint density at radius 1 is 1.25 bits per heavy atom. The van der Waals surface area contributed by atoms with E-state index < -0.39 is 0 Å². The van der Waals surface area contributed by atoms with Crippen LogP contribution < -0.4 is 11.1 Å². The van der Waals surface area contributed by atoms with Crippen LogP contribution in [0.4, 0.5) is 11.4 Å². The first-order valence-electron chi connectivity index (χ1n) is 7.27. The van der Waals surface area contributed by atoms with Crippen molar-refractivity contribution in [3.63, 3.8) is 0 Å². The smallest absolute Gasteiger partial charge is 0.0743 e. The summed E-state index contributed by atoms with van der Waals surface area (Å²) in [6, 6.07) is 8.42. The Morgan fingerprint density at radius 3 is 2.65 bits per heavy atom. The Kier molecular flexibility index (Phi) is 4.79. The molecule has 20 heavy (non-hydrogen) atoms. The SMILES string of the molecule is CCN(CC)CC(C)Nc1c(N)cnc2ccccc12. The molecule has 0 aliphatic heterocycles. The lowest BCUT2D eigenvalue weighted by Gasteiger charge is -2.25. The first-order valence-corrected chi connectivity index (χ1v) is 7.27. The molecular weight excluding hydrogens is 248 g/mol. The fourth-order valence-electron chi connectivity index (χ4n) is 2.48. The van der Waals surface area contributed by atoms with Crippen LogP contribution in [0.3, 0.4) is 0 Å². The quantitative estimate of drug-likeness (QED) is 0.849. The fourth-order valence-corrected chi connectivity index (χ4v) is 2.48. The van der Waals surface area contributed by atoms with Gasteiger partial charge in [0.1, 0.15) is 0 Å². The van der Waals surface area contributed by atoms with E-state index in [0.717, 1.165) is 36.2 Å². The van der Waals surface area contributed by atoms with Gasteiger partial charge in [-0.3, -0.25) is 4.98 Å². The lowest BCUT2D eigenvalue weighted by atomic mass is 10.1. The summed E-state index contributed by atoms with van der Waals surface area (Å²) in [6.45, 7) is 9.69. The van der Waals surface area contributed by atoms with E-state index in [0.29, 0.717) is 11.7 Å². The van der Waals surface area contributed by atoms with Crippen molar-refractivity contribution >= 4 is 22.3 Å². The zero-order chi connectivity index (χ0) is 14.5. The maximum absolute atomic E-state index is 6.09. The van der Waals surface area contributed by atoms with Crippen LogP contribution in [0.2, 0.25) is 0 Å². The summed E-state index contributed by atoms with van der Waals surface area (Å²) >= 11 is 0. The van der Waals surface area contributed by atoms with Gasteiger partial charge >= 0.3 is 0 Å². The van der Waals surface area contributed by atoms with Gasteiger partial charge in [0.2, 0.25) is 0 Å². The molecule has 2 rings (SSSR count). The predicted molar refractivity (Wildman–Crippen MR) is 87.0 cm³/mol. The number of likely N-dealkylation sites (N-methyl/N-ethyl adjacent to an activating group) is 1. The summed E-state index contributed by atoms with van der Waals surface area (Å²) in [7, 11) is 0. The third kappa shape index (κ3) is 3.20. The summed E-state index contributed by atoms with van der Waals surface area (Å²) in [5.74, 6) is 0. The average Bonchev–Trinajstić information content (AvgIpc) is 2.47. The normalized spacial score (nSPS) is 12.8. The topological polar surface area (TPSA) is 54.2 Å². The van der Waals surface area contributed by atoms with Crippen molar-refractivity contribution in [2.24, 2.45) is 0 Å². The summed E-state index contributed by atoms with van der Waals surface area (Å²) in [5.41, 5.74) is 8.76. The third-order valence-electron chi connectivity index (χ3n) is 3.62. The van der Waals surface area contributed by atoms with Gasteiger partial charge in [0.25, 0.3) is 0 Å². The minimum atomic E-state index is 0.336. The number of fused-ring (bicyclic) bond motifs is 1. The highest BCUT2D eigenvalue weighted by Crippen LogP contribution is 2.28. The summed E-state index contributed by atoms with van der Waals surface area (Å²) < 4.78 is 0. The van der Waals surface area contributed by atoms with E-state index in [1.807, 2.05) is 18.2 Å². The molecule has 108 valence electrons. The Bertz CT molecular complexity index is 563. The standard InChI is InChI=1S/C16H24N4/c1-4-20(5-2)11-12(3)19-16-13-8-6-7-9-15(13)18-10-14(16)17/h6-10,12H,4-5,11,17H2,1-3H3,(H,18,19). The minimum Gasteiger partial charge on any atom is -0.396 e. The van der Waals surface area contributed by atoms with Crippen molar-refractivity contribution in [3.05, 3.63) is 30.5 Å². The maximum Gasteiger partial charge on any atom is 0.0743 e. The van der Waals surface area contributed by atoms with Gasteiger partial charge in [0.05, 0.1) is 23.1 Å². The van der Waals surface area contributed by atoms with Crippen molar-refractivity contribution in [1.29, 1.82) is 0 Å². The number of rotatable bonds is 6. The number of nitrogens with zero attached hydrogens (tertiary/aromatic N) is 2. The van der Waals surface area contributed by atoms with Gasteiger partial charge in [-0.25, -0.2) is 0 Å². The van der Waals surface area contributed by atoms with Crippen LogP contribution in [0.5, 0.6) is 0 Å². The number of pyridine rings is 1. The van der Waals surface area contributed by atoms with E-state index in [1.165, 1.54) is 0 Å². The van der Waals surface area contributed by atoms with Crippen LogP contribution in [0.25, 0.3) is 10.9 Å². The first-order chi connectivity index (χ1) is 9.65. The second-order valence-corrected chi connectivity index (χ2v) is 5.14. The zero-order valence-corrected chi connectivity index (χ0v) is 12.6. The van der Waals surface area contributed by atoms with E-state index in [1.54, 1.807) is 6.20 Å². The summed E-state index contributed by atoms with van der Waals surface area (Å²) in [4.78, 5) is 6.77. The number of anilines is 2. The third-order valence-corrected chi connectivity index (χ3v) is 3.62. The van der Waals surface area contributed by atoms with Gasteiger partial charge in [-0.05, 0) is 26.1 Å². The van der Waals surface area contributed by atoms with E-state index in [4.69, 9.17) is 5.73 Å². The number of nitrogen functional groups attached to an aromatic ring is 1. The molecule has 2 aromatic rings. The lowest BCUT2D eigenvalue weighted by molar-refractivity contribution is 0.295. The molecule has 1 heterocycles. The van der Waals surface area contributed by atoms with Crippen molar-refractivity contribution in [3.8, 4) is 0 Å². The molecule has 4 heteroatoms. The Balaban J connectivity index is 2.22. The van der Waals surface area contributed by atoms with Crippen LogP contribution in [0.1, 0.15) is 20.8 Å². The Hall–Kier alpha value is -1.81. The molecule has 0 fully saturated rings. The molecule has 0 saturated carbocycles. The summed E-state index contributed by atoms with van der Waals surface area (Å²) in [6.07, 6.45) is 1.73. The van der Waals surface area contributed by atoms with Gasteiger partial charge in [0.15, 0.2) is 0 Å². The molecule has 0 aliphatic rings. The molecule has 4 nitrogen and oxygen atoms in total. The highest BCUT2D eigenvalue weighted by molar-refractivity contribution is 5.96. The second-order valence-electron chi connectivity index (χ2n) is 5.14. The van der Waals surface area contributed by atoms with Crippen LogP contribution >= 0.6 is 0 Å². The van der Waals surface area contributed by atoms with Crippen LogP contribution in [0, 0.1) is 0 Å². The molecular formula is C16H24N4. The minimum absolute atomic E-state index is 0.336. The predicted octanol–water partition coefficient (Wildman–Crippen LogP) is 2.96.